The van der Waals surface area contributed by atoms with E-state index in [1.807, 2.05) is 25.1 Å². The molecule has 0 aliphatic heterocycles. The number of nitrogens with two attached hydrogens (primary N) is 1. The molecule has 3 N–H and O–H groups in total. The fraction of sp³-hybridized carbons (Fsp3) is 0.562. The number of halogens is 1. The van der Waals surface area contributed by atoms with E-state index in [0.717, 1.165) is 41.4 Å². The van der Waals surface area contributed by atoms with Crippen LogP contribution in [0, 0.1) is 18.3 Å². The zero-order valence-corrected chi connectivity index (χ0v) is 13.8. The first kappa shape index (κ1) is 15.5. The Balaban J connectivity index is 2.13. The molecule has 0 atom stereocenters. The molecule has 1 saturated carbocycles. The van der Waals surface area contributed by atoms with E-state index in [2.05, 4.69) is 28.2 Å². The highest BCUT2D eigenvalue weighted by Crippen LogP contribution is 2.39. The van der Waals surface area contributed by atoms with Crippen LogP contribution in [0.15, 0.2) is 22.7 Å². The summed E-state index contributed by atoms with van der Waals surface area (Å²) < 4.78 is 0.979. The van der Waals surface area contributed by atoms with Gasteiger partial charge in [-0.3, -0.25) is 4.79 Å². The van der Waals surface area contributed by atoms with Crippen LogP contribution in [0.2, 0.25) is 0 Å². The van der Waals surface area contributed by atoms with Crippen molar-refractivity contribution in [3.05, 3.63) is 28.2 Å². The topological polar surface area (TPSA) is 55.1 Å². The molecule has 1 aliphatic rings. The van der Waals surface area contributed by atoms with Gasteiger partial charge in [0, 0.05) is 16.7 Å². The Bertz CT molecular complexity index is 473. The van der Waals surface area contributed by atoms with Crippen LogP contribution in [0.4, 0.5) is 5.69 Å². The quantitative estimate of drug-likeness (QED) is 0.879. The second kappa shape index (κ2) is 6.27. The summed E-state index contributed by atoms with van der Waals surface area (Å²) in [5.74, 6) is 0.778. The van der Waals surface area contributed by atoms with E-state index >= 15 is 0 Å². The molecule has 1 aliphatic carbocycles. The number of hydrogen-bond acceptors (Lipinski definition) is 2. The summed E-state index contributed by atoms with van der Waals surface area (Å²) in [6.07, 6.45) is 3.96. The molecule has 3 nitrogen and oxygen atoms in total. The molecule has 0 saturated heterocycles. The molecular formula is C16H23BrN2O. The number of nitrogens with one attached hydrogen (secondary N) is 1. The lowest BCUT2D eigenvalue weighted by Crippen LogP contribution is -2.44. The van der Waals surface area contributed by atoms with E-state index in [1.54, 1.807) is 0 Å². The lowest BCUT2D eigenvalue weighted by atomic mass is 9.70. The zero-order valence-electron chi connectivity index (χ0n) is 12.2. The third kappa shape index (κ3) is 3.41. The second-order valence-electron chi connectivity index (χ2n) is 6.14. The van der Waals surface area contributed by atoms with Crippen LogP contribution >= 0.6 is 15.9 Å². The van der Waals surface area contributed by atoms with Crippen LogP contribution in [-0.4, -0.2) is 12.5 Å². The number of aryl methyl sites for hydroxylation is 1. The predicted octanol–water partition coefficient (Wildman–Crippen LogP) is 3.85. The molecular weight excluding hydrogens is 316 g/mol. The average molecular weight is 339 g/mol. The van der Waals surface area contributed by atoms with Crippen molar-refractivity contribution in [2.45, 2.75) is 39.5 Å². The highest BCUT2D eigenvalue weighted by Gasteiger charge is 2.39. The third-order valence-corrected chi connectivity index (χ3v) is 4.86. The van der Waals surface area contributed by atoms with Crippen LogP contribution in [-0.2, 0) is 4.79 Å². The van der Waals surface area contributed by atoms with Crippen LogP contribution in [0.5, 0.6) is 0 Å². The lowest BCUT2D eigenvalue weighted by Gasteiger charge is -2.37. The fourth-order valence-corrected chi connectivity index (χ4v) is 3.52. The largest absolute Gasteiger partial charge is 0.329 e. The van der Waals surface area contributed by atoms with Crippen molar-refractivity contribution in [1.29, 1.82) is 0 Å². The number of rotatable bonds is 3. The van der Waals surface area contributed by atoms with E-state index < -0.39 is 0 Å². The number of benzene rings is 1. The van der Waals surface area contributed by atoms with Crippen molar-refractivity contribution in [2.24, 2.45) is 17.1 Å². The minimum Gasteiger partial charge on any atom is -0.329 e. The smallest absolute Gasteiger partial charge is 0.231 e. The third-order valence-electron chi connectivity index (χ3n) is 4.40. The molecule has 0 aromatic heterocycles. The lowest BCUT2D eigenvalue weighted by molar-refractivity contribution is -0.127. The Morgan fingerprint density at radius 3 is 2.60 bits per heavy atom. The molecule has 0 radical (unpaired) electrons. The maximum absolute atomic E-state index is 12.6. The van der Waals surface area contributed by atoms with Gasteiger partial charge in [-0.2, -0.15) is 0 Å². The maximum Gasteiger partial charge on any atom is 0.231 e. The van der Waals surface area contributed by atoms with Crippen molar-refractivity contribution in [3.8, 4) is 0 Å². The molecule has 20 heavy (non-hydrogen) atoms. The van der Waals surface area contributed by atoms with E-state index in [1.165, 1.54) is 0 Å². The summed E-state index contributed by atoms with van der Waals surface area (Å²) in [6, 6.07) is 5.94. The first-order valence-electron chi connectivity index (χ1n) is 7.24. The van der Waals surface area contributed by atoms with E-state index in [9.17, 15) is 4.79 Å². The first-order chi connectivity index (χ1) is 9.45. The van der Waals surface area contributed by atoms with Gasteiger partial charge in [-0.15, -0.1) is 0 Å². The van der Waals surface area contributed by atoms with Crippen LogP contribution in [0.3, 0.4) is 0 Å². The molecule has 1 aromatic rings. The van der Waals surface area contributed by atoms with Crippen LogP contribution in [0.1, 0.15) is 38.2 Å². The second-order valence-corrected chi connectivity index (χ2v) is 7.05. The van der Waals surface area contributed by atoms with Gasteiger partial charge < -0.3 is 11.1 Å². The summed E-state index contributed by atoms with van der Waals surface area (Å²) in [5.41, 5.74) is 7.50. The Labute approximate surface area is 129 Å². The molecule has 4 heteroatoms. The van der Waals surface area contributed by atoms with Gasteiger partial charge in [0.05, 0.1) is 5.41 Å². The minimum absolute atomic E-state index is 0.0735. The molecule has 1 fully saturated rings. The van der Waals surface area contributed by atoms with Crippen molar-refractivity contribution >= 4 is 27.5 Å². The standard InChI is InChI=1S/C16H23BrN2O/c1-11-3-5-16(10-18,6-4-11)15(20)19-14-8-12(2)7-13(17)9-14/h7-9,11H,3-6,10,18H2,1-2H3,(H,19,20). The van der Waals surface area contributed by atoms with E-state index in [-0.39, 0.29) is 11.3 Å². The average Bonchev–Trinajstić information content (AvgIpc) is 2.38. The van der Waals surface area contributed by atoms with E-state index in [4.69, 9.17) is 5.73 Å². The Morgan fingerprint density at radius 1 is 1.40 bits per heavy atom. The van der Waals surface area contributed by atoms with Gasteiger partial charge in [-0.1, -0.05) is 22.9 Å². The molecule has 1 amide bonds. The summed E-state index contributed by atoms with van der Waals surface area (Å²) in [4.78, 5) is 12.6. The zero-order chi connectivity index (χ0) is 14.8. The molecule has 0 unspecified atom stereocenters. The molecule has 0 heterocycles. The van der Waals surface area contributed by atoms with Gasteiger partial charge in [0.15, 0.2) is 0 Å². The molecule has 0 bridgehead atoms. The van der Waals surface area contributed by atoms with Crippen LogP contribution in [0.25, 0.3) is 0 Å². The number of hydrogen-bond donors (Lipinski definition) is 2. The molecule has 2 rings (SSSR count). The summed E-state index contributed by atoms with van der Waals surface area (Å²) >= 11 is 3.46. The van der Waals surface area contributed by atoms with Crippen LogP contribution < -0.4 is 11.1 Å². The van der Waals surface area contributed by atoms with Gasteiger partial charge in [0.1, 0.15) is 0 Å². The highest BCUT2D eigenvalue weighted by atomic mass is 79.9. The van der Waals surface area contributed by atoms with Gasteiger partial charge in [-0.25, -0.2) is 0 Å². The predicted molar refractivity (Wildman–Crippen MR) is 86.6 cm³/mol. The van der Waals surface area contributed by atoms with Gasteiger partial charge in [-0.05, 0) is 62.3 Å². The first-order valence-corrected chi connectivity index (χ1v) is 8.03. The monoisotopic (exact) mass is 338 g/mol. The van der Waals surface area contributed by atoms with Crippen molar-refractivity contribution in [1.82, 2.24) is 0 Å². The normalized spacial score (nSPS) is 26.3. The molecule has 110 valence electrons. The number of anilines is 1. The summed E-state index contributed by atoms with van der Waals surface area (Å²) in [5, 5.41) is 3.05. The molecule has 0 spiro atoms. The van der Waals surface area contributed by atoms with Crippen molar-refractivity contribution < 1.29 is 4.79 Å². The van der Waals surface area contributed by atoms with E-state index in [0.29, 0.717) is 12.5 Å². The number of carbonyl (C=O) groups is 1. The fourth-order valence-electron chi connectivity index (χ4n) is 2.91. The molecule has 1 aromatic carbocycles. The summed E-state index contributed by atoms with van der Waals surface area (Å²) in [6.45, 7) is 4.69. The van der Waals surface area contributed by atoms with Gasteiger partial charge in [0.2, 0.25) is 5.91 Å². The SMILES string of the molecule is Cc1cc(Br)cc(NC(=O)C2(CN)CCC(C)CC2)c1. The Hall–Kier alpha value is -0.870. The van der Waals surface area contributed by atoms with Gasteiger partial charge in [0.25, 0.3) is 0 Å². The van der Waals surface area contributed by atoms with Crippen molar-refractivity contribution in [3.63, 3.8) is 0 Å². The highest BCUT2D eigenvalue weighted by molar-refractivity contribution is 9.10. The number of carbonyl (C=O) groups excluding carboxylic acids is 1. The number of amides is 1. The summed E-state index contributed by atoms with van der Waals surface area (Å²) in [7, 11) is 0. The van der Waals surface area contributed by atoms with Crippen molar-refractivity contribution in [2.75, 3.05) is 11.9 Å². The maximum atomic E-state index is 12.6. The Kier molecular flexibility index (Phi) is 4.86. The minimum atomic E-state index is -0.386. The van der Waals surface area contributed by atoms with Gasteiger partial charge >= 0.3 is 0 Å². The Morgan fingerprint density at radius 2 is 2.05 bits per heavy atom.